The second-order valence-electron chi connectivity index (χ2n) is 9.77. The van der Waals surface area contributed by atoms with Crippen molar-refractivity contribution in [3.05, 3.63) is 59.5 Å². The normalized spacial score (nSPS) is 25.7. The Balaban J connectivity index is 1.30. The van der Waals surface area contributed by atoms with Crippen LogP contribution in [0.2, 0.25) is 0 Å². The maximum absolute atomic E-state index is 14.8. The molecule has 1 aliphatic carbocycles. The molecule has 33 heavy (non-hydrogen) atoms. The first-order valence-corrected chi connectivity index (χ1v) is 11.5. The number of pyridine rings is 1. The van der Waals surface area contributed by atoms with Crippen molar-refractivity contribution in [1.29, 1.82) is 0 Å². The molecule has 0 radical (unpaired) electrons. The molecule has 8 heteroatoms. The summed E-state index contributed by atoms with van der Waals surface area (Å²) in [6, 6.07) is 12.2. The Hall–Kier alpha value is -3.00. The zero-order valence-corrected chi connectivity index (χ0v) is 18.7. The van der Waals surface area contributed by atoms with E-state index in [4.69, 9.17) is 9.47 Å². The van der Waals surface area contributed by atoms with Gasteiger partial charge in [-0.15, -0.1) is 0 Å². The van der Waals surface area contributed by atoms with Gasteiger partial charge in [0.25, 0.3) is 0 Å². The van der Waals surface area contributed by atoms with Gasteiger partial charge in [-0.3, -0.25) is 4.90 Å². The molecule has 174 valence electrons. The van der Waals surface area contributed by atoms with E-state index in [0.29, 0.717) is 11.8 Å². The van der Waals surface area contributed by atoms with Gasteiger partial charge in [0.05, 0.1) is 5.54 Å². The number of halogens is 1. The molecule has 2 atom stereocenters. The summed E-state index contributed by atoms with van der Waals surface area (Å²) in [6.07, 6.45) is 4.96. The average Bonchev–Trinajstić information content (AvgIpc) is 3.47. The summed E-state index contributed by atoms with van der Waals surface area (Å²) in [7, 11) is 0. The van der Waals surface area contributed by atoms with E-state index >= 15 is 0 Å². The fraction of sp³-hybridized carbons (Fsp3) is 0.480. The first-order valence-electron chi connectivity index (χ1n) is 11.5. The van der Waals surface area contributed by atoms with Gasteiger partial charge in [0.1, 0.15) is 24.6 Å². The molecule has 2 aromatic rings. The molecule has 1 spiro atoms. The molecule has 1 amide bonds. The van der Waals surface area contributed by atoms with Crippen molar-refractivity contribution in [2.45, 2.75) is 57.2 Å². The molecule has 1 aromatic carbocycles. The first kappa shape index (κ1) is 21.8. The second kappa shape index (κ2) is 8.41. The highest BCUT2D eigenvalue weighted by molar-refractivity contribution is 5.92. The predicted molar refractivity (Wildman–Crippen MR) is 119 cm³/mol. The number of hydrogen-bond acceptors (Lipinski definition) is 6. The van der Waals surface area contributed by atoms with Crippen LogP contribution in [0.4, 0.5) is 15.0 Å². The number of amides is 1. The number of carbonyl (C=O) groups excluding carboxylic acids is 2. The molecule has 7 nitrogen and oxygen atoms in total. The lowest BCUT2D eigenvalue weighted by Gasteiger charge is -2.38. The summed E-state index contributed by atoms with van der Waals surface area (Å²) >= 11 is 0. The van der Waals surface area contributed by atoms with Crippen molar-refractivity contribution in [3.8, 4) is 0 Å². The third kappa shape index (κ3) is 4.44. The van der Waals surface area contributed by atoms with Crippen LogP contribution in [-0.2, 0) is 16.1 Å². The minimum absolute atomic E-state index is 0.0350. The van der Waals surface area contributed by atoms with Crippen molar-refractivity contribution < 1.29 is 23.5 Å². The molecule has 2 unspecified atom stereocenters. The Bertz CT molecular complexity index is 1060. The Morgan fingerprint density at radius 2 is 2.03 bits per heavy atom. The van der Waals surface area contributed by atoms with Gasteiger partial charge in [0.15, 0.2) is 0 Å². The van der Waals surface area contributed by atoms with Crippen molar-refractivity contribution in [3.63, 3.8) is 0 Å². The highest BCUT2D eigenvalue weighted by Crippen LogP contribution is 2.54. The standard InChI is InChI=1S/C25H28FN3O4/c1-24(13-18-14-25(9-10-25)11-12-27-18)16-33-23(31)29(24)20-8-7-19(21(26)28-20)22(30)32-15-17-5-3-2-4-6-17/h2-8,18,27H,9-16H2,1H3. The van der Waals surface area contributed by atoms with Crippen LogP contribution in [0, 0.1) is 11.4 Å². The molecule has 3 heterocycles. The number of ether oxygens (including phenoxy) is 2. The van der Waals surface area contributed by atoms with Crippen LogP contribution in [0.25, 0.3) is 0 Å². The molecular formula is C25H28FN3O4. The number of aromatic nitrogens is 1. The number of esters is 1. The Kier molecular flexibility index (Phi) is 5.56. The SMILES string of the molecule is CC1(CC2CC3(CCN2)CC3)COC(=O)N1c1ccc(C(=O)OCc2ccccc2)c(F)n1. The predicted octanol–water partition coefficient (Wildman–Crippen LogP) is 4.22. The summed E-state index contributed by atoms with van der Waals surface area (Å²) in [4.78, 5) is 30.3. The summed E-state index contributed by atoms with van der Waals surface area (Å²) in [5.74, 6) is -1.64. The quantitative estimate of drug-likeness (QED) is 0.521. The Morgan fingerprint density at radius 3 is 2.76 bits per heavy atom. The van der Waals surface area contributed by atoms with Gasteiger partial charge in [-0.05, 0) is 68.7 Å². The number of rotatable bonds is 6. The van der Waals surface area contributed by atoms with Crippen molar-refractivity contribution in [2.24, 2.45) is 5.41 Å². The Labute approximate surface area is 192 Å². The second-order valence-corrected chi connectivity index (χ2v) is 9.77. The van der Waals surface area contributed by atoms with E-state index in [1.165, 1.54) is 36.3 Å². The number of benzene rings is 1. The molecule has 5 rings (SSSR count). The van der Waals surface area contributed by atoms with Crippen LogP contribution in [0.15, 0.2) is 42.5 Å². The summed E-state index contributed by atoms with van der Waals surface area (Å²) in [5.41, 5.74) is 0.341. The molecule has 1 aromatic heterocycles. The van der Waals surface area contributed by atoms with Crippen LogP contribution in [0.3, 0.4) is 0 Å². The smallest absolute Gasteiger partial charge is 0.416 e. The highest BCUT2D eigenvalue weighted by atomic mass is 19.1. The van der Waals surface area contributed by atoms with Crippen LogP contribution in [-0.4, -0.2) is 41.8 Å². The van der Waals surface area contributed by atoms with Crippen LogP contribution in [0.1, 0.15) is 54.9 Å². The largest absolute Gasteiger partial charge is 0.457 e. The lowest BCUT2D eigenvalue weighted by Crippen LogP contribution is -2.52. The molecular weight excluding hydrogens is 425 g/mol. The van der Waals surface area contributed by atoms with Crippen LogP contribution >= 0.6 is 0 Å². The average molecular weight is 454 g/mol. The molecule has 3 fully saturated rings. The zero-order chi connectivity index (χ0) is 23.1. The van der Waals surface area contributed by atoms with E-state index in [9.17, 15) is 14.0 Å². The Morgan fingerprint density at radius 1 is 1.24 bits per heavy atom. The molecule has 0 bridgehead atoms. The van der Waals surface area contributed by atoms with Crippen molar-refractivity contribution in [1.82, 2.24) is 10.3 Å². The van der Waals surface area contributed by atoms with Crippen LogP contribution < -0.4 is 10.2 Å². The lowest BCUT2D eigenvalue weighted by molar-refractivity contribution is 0.0466. The number of nitrogens with zero attached hydrogens (tertiary/aromatic N) is 2. The van der Waals surface area contributed by atoms with E-state index in [2.05, 4.69) is 10.3 Å². The van der Waals surface area contributed by atoms with Crippen molar-refractivity contribution in [2.75, 3.05) is 18.1 Å². The monoisotopic (exact) mass is 453 g/mol. The molecule has 3 aliphatic rings. The van der Waals surface area contributed by atoms with Gasteiger partial charge in [0, 0.05) is 6.04 Å². The third-order valence-electron chi connectivity index (χ3n) is 7.14. The molecule has 2 aliphatic heterocycles. The van der Waals surface area contributed by atoms with E-state index < -0.39 is 23.5 Å². The minimum atomic E-state index is -0.972. The maximum Gasteiger partial charge on any atom is 0.416 e. The highest BCUT2D eigenvalue weighted by Gasteiger charge is 2.51. The topological polar surface area (TPSA) is 80.8 Å². The number of anilines is 1. The number of nitrogens with one attached hydrogen (secondary N) is 1. The van der Waals surface area contributed by atoms with Gasteiger partial charge in [-0.25, -0.2) is 14.6 Å². The number of carbonyl (C=O) groups is 2. The van der Waals surface area contributed by atoms with Gasteiger partial charge in [-0.2, -0.15) is 4.39 Å². The number of piperidine rings is 1. The minimum Gasteiger partial charge on any atom is -0.457 e. The van der Waals surface area contributed by atoms with E-state index in [1.807, 2.05) is 37.3 Å². The molecule has 2 saturated heterocycles. The van der Waals surface area contributed by atoms with Gasteiger partial charge in [0.2, 0.25) is 5.95 Å². The molecule has 1 saturated carbocycles. The maximum atomic E-state index is 14.8. The van der Waals surface area contributed by atoms with E-state index in [-0.39, 0.29) is 30.6 Å². The van der Waals surface area contributed by atoms with E-state index in [1.54, 1.807) is 0 Å². The lowest BCUT2D eigenvalue weighted by atomic mass is 9.82. The van der Waals surface area contributed by atoms with Crippen LogP contribution in [0.5, 0.6) is 0 Å². The van der Waals surface area contributed by atoms with Gasteiger partial charge >= 0.3 is 12.1 Å². The summed E-state index contributed by atoms with van der Waals surface area (Å²) in [5, 5.41) is 3.57. The van der Waals surface area contributed by atoms with Crippen molar-refractivity contribution >= 4 is 17.9 Å². The van der Waals surface area contributed by atoms with E-state index in [0.717, 1.165) is 18.5 Å². The molecule has 1 N–H and O–H groups in total. The summed E-state index contributed by atoms with van der Waals surface area (Å²) < 4.78 is 25.4. The fourth-order valence-corrected chi connectivity index (χ4v) is 5.13. The first-order chi connectivity index (χ1) is 15.9. The third-order valence-corrected chi connectivity index (χ3v) is 7.14. The number of hydrogen-bond donors (Lipinski definition) is 1. The fourth-order valence-electron chi connectivity index (χ4n) is 5.13. The van der Waals surface area contributed by atoms with Gasteiger partial charge < -0.3 is 14.8 Å². The van der Waals surface area contributed by atoms with Gasteiger partial charge in [-0.1, -0.05) is 30.3 Å². The summed E-state index contributed by atoms with van der Waals surface area (Å²) in [6.45, 7) is 3.16. The number of cyclic esters (lactones) is 1. The zero-order valence-electron chi connectivity index (χ0n) is 18.7.